The molecule has 4 aromatic carbocycles. The van der Waals surface area contributed by atoms with E-state index in [2.05, 4.69) is 11.2 Å². The molecule has 37 heavy (non-hydrogen) atoms. The Hall–Kier alpha value is -4.43. The van der Waals surface area contributed by atoms with Crippen LogP contribution in [0.3, 0.4) is 0 Å². The second-order valence-electron chi connectivity index (χ2n) is 8.31. The van der Waals surface area contributed by atoms with Gasteiger partial charge in [0.05, 0.1) is 37.8 Å². The molecule has 0 atom stereocenters. The Bertz CT molecular complexity index is 1610. The largest absolute Gasteiger partial charge is 0.493 e. The van der Waals surface area contributed by atoms with E-state index >= 15 is 0 Å². The predicted octanol–water partition coefficient (Wildman–Crippen LogP) is 6.46. The van der Waals surface area contributed by atoms with E-state index in [0.717, 1.165) is 26.6 Å². The number of amides is 1. The molecule has 0 radical (unpaired) electrons. The molecule has 5 rings (SSSR count). The summed E-state index contributed by atoms with van der Waals surface area (Å²) < 4.78 is 17.3. The van der Waals surface area contributed by atoms with Gasteiger partial charge in [-0.05, 0) is 53.6 Å². The van der Waals surface area contributed by atoms with Gasteiger partial charge in [-0.15, -0.1) is 0 Å². The van der Waals surface area contributed by atoms with Gasteiger partial charge >= 0.3 is 0 Å². The highest BCUT2D eigenvalue weighted by atomic mass is 32.1. The van der Waals surface area contributed by atoms with E-state index in [0.29, 0.717) is 33.5 Å². The van der Waals surface area contributed by atoms with E-state index in [1.807, 2.05) is 61.5 Å². The van der Waals surface area contributed by atoms with Crippen LogP contribution in [0.1, 0.15) is 21.5 Å². The molecule has 5 aromatic rings. The molecule has 0 unspecified atom stereocenters. The normalized spacial score (nSPS) is 11.2. The number of aromatic nitrogens is 1. The molecule has 1 amide bonds. The third kappa shape index (κ3) is 4.71. The van der Waals surface area contributed by atoms with E-state index in [4.69, 9.17) is 19.2 Å². The van der Waals surface area contributed by atoms with Crippen LogP contribution in [0, 0.1) is 6.92 Å². The number of ether oxygens (including phenoxy) is 3. The fraction of sp³-hybridized carbons (Fsp3) is 0.138. The van der Waals surface area contributed by atoms with Crippen molar-refractivity contribution in [1.29, 1.82) is 0 Å². The fourth-order valence-electron chi connectivity index (χ4n) is 4.13. The number of carbonyl (C=O) groups excluding carboxylic acids is 1. The number of nitrogens with zero attached hydrogens (tertiary/aromatic N) is 3. The van der Waals surface area contributed by atoms with E-state index in [-0.39, 0.29) is 5.91 Å². The standard InChI is InChI=1S/C29H25N3O4S/c1-18-12-13-23-26(14-18)37-29(31-23)32(28(33)22-11-7-9-20-8-5-6-10-21(20)22)30-17-19-15-24(34-2)27(36-4)25(16-19)35-3/h5-17H,1-4H3/b30-17+. The molecule has 0 bridgehead atoms. The van der Waals surface area contributed by atoms with Gasteiger partial charge in [-0.3, -0.25) is 4.79 Å². The minimum absolute atomic E-state index is 0.281. The smallest absolute Gasteiger partial charge is 0.281 e. The first-order chi connectivity index (χ1) is 18.0. The maximum absolute atomic E-state index is 14.0. The third-order valence-electron chi connectivity index (χ3n) is 5.94. The van der Waals surface area contributed by atoms with Gasteiger partial charge in [-0.25, -0.2) is 4.98 Å². The van der Waals surface area contributed by atoms with Crippen molar-refractivity contribution >= 4 is 49.6 Å². The number of methoxy groups -OCH3 is 3. The highest BCUT2D eigenvalue weighted by molar-refractivity contribution is 7.22. The lowest BCUT2D eigenvalue weighted by Crippen LogP contribution is -2.25. The number of rotatable bonds is 7. The summed E-state index contributed by atoms with van der Waals surface area (Å²) in [4.78, 5) is 18.7. The van der Waals surface area contributed by atoms with Gasteiger partial charge in [-0.1, -0.05) is 53.8 Å². The summed E-state index contributed by atoms with van der Waals surface area (Å²) in [5.74, 6) is 1.18. The van der Waals surface area contributed by atoms with Crippen molar-refractivity contribution < 1.29 is 19.0 Å². The molecule has 0 N–H and O–H groups in total. The quantitative estimate of drug-likeness (QED) is 0.185. The number of hydrogen-bond acceptors (Lipinski definition) is 7. The Labute approximate surface area is 218 Å². The lowest BCUT2D eigenvalue weighted by molar-refractivity contribution is 0.0989. The van der Waals surface area contributed by atoms with Crippen LogP contribution < -0.4 is 19.2 Å². The van der Waals surface area contributed by atoms with Gasteiger partial charge in [0.1, 0.15) is 0 Å². The third-order valence-corrected chi connectivity index (χ3v) is 6.93. The van der Waals surface area contributed by atoms with Gasteiger partial charge in [0.25, 0.3) is 5.91 Å². The number of benzene rings is 4. The zero-order chi connectivity index (χ0) is 25.9. The molecule has 0 fully saturated rings. The number of hydrogen-bond donors (Lipinski definition) is 0. The Kier molecular flexibility index (Phi) is 6.74. The van der Waals surface area contributed by atoms with Crippen LogP contribution in [0.4, 0.5) is 5.13 Å². The van der Waals surface area contributed by atoms with E-state index in [1.54, 1.807) is 39.7 Å². The van der Waals surface area contributed by atoms with Crippen LogP contribution in [0.15, 0.2) is 77.9 Å². The van der Waals surface area contributed by atoms with Crippen LogP contribution in [0.2, 0.25) is 0 Å². The van der Waals surface area contributed by atoms with Gasteiger partial charge in [0, 0.05) is 11.1 Å². The maximum Gasteiger partial charge on any atom is 0.281 e. The average molecular weight is 512 g/mol. The number of fused-ring (bicyclic) bond motifs is 2. The summed E-state index contributed by atoms with van der Waals surface area (Å²) in [6, 6.07) is 23.0. The molecule has 186 valence electrons. The Morgan fingerprint density at radius 1 is 0.919 bits per heavy atom. The van der Waals surface area contributed by atoms with E-state index < -0.39 is 0 Å². The van der Waals surface area contributed by atoms with Crippen LogP contribution in [-0.4, -0.2) is 38.4 Å². The van der Waals surface area contributed by atoms with Crippen molar-refractivity contribution in [3.63, 3.8) is 0 Å². The average Bonchev–Trinajstić information content (AvgIpc) is 3.34. The number of thiazole rings is 1. The summed E-state index contributed by atoms with van der Waals surface area (Å²) >= 11 is 1.42. The topological polar surface area (TPSA) is 73.2 Å². The molecule has 0 aliphatic carbocycles. The Morgan fingerprint density at radius 2 is 1.65 bits per heavy atom. The predicted molar refractivity (Wildman–Crippen MR) is 149 cm³/mol. The summed E-state index contributed by atoms with van der Waals surface area (Å²) in [6.07, 6.45) is 1.59. The highest BCUT2D eigenvalue weighted by Gasteiger charge is 2.23. The minimum Gasteiger partial charge on any atom is -0.493 e. The van der Waals surface area contributed by atoms with Crippen LogP contribution >= 0.6 is 11.3 Å². The maximum atomic E-state index is 14.0. The molecule has 1 heterocycles. The molecule has 0 saturated heterocycles. The van der Waals surface area contributed by atoms with Gasteiger partial charge in [0.15, 0.2) is 11.5 Å². The number of anilines is 1. The van der Waals surface area contributed by atoms with Gasteiger partial charge in [-0.2, -0.15) is 10.1 Å². The zero-order valence-electron chi connectivity index (χ0n) is 20.9. The van der Waals surface area contributed by atoms with Crippen molar-refractivity contribution in [2.75, 3.05) is 26.3 Å². The molecule has 8 heteroatoms. The highest BCUT2D eigenvalue weighted by Crippen LogP contribution is 2.38. The minimum atomic E-state index is -0.281. The van der Waals surface area contributed by atoms with Crippen molar-refractivity contribution in [2.24, 2.45) is 5.10 Å². The molecular weight excluding hydrogens is 486 g/mol. The molecule has 7 nitrogen and oxygen atoms in total. The Morgan fingerprint density at radius 3 is 2.38 bits per heavy atom. The van der Waals surface area contributed by atoms with E-state index in [9.17, 15) is 4.79 Å². The zero-order valence-corrected chi connectivity index (χ0v) is 21.7. The second-order valence-corrected chi connectivity index (χ2v) is 9.32. The van der Waals surface area contributed by atoms with Crippen molar-refractivity contribution in [3.8, 4) is 17.2 Å². The summed E-state index contributed by atoms with van der Waals surface area (Å²) in [5.41, 5.74) is 3.14. The van der Waals surface area contributed by atoms with Crippen LogP contribution in [0.5, 0.6) is 17.2 Å². The van der Waals surface area contributed by atoms with E-state index in [1.165, 1.54) is 16.3 Å². The van der Waals surface area contributed by atoms with Gasteiger partial charge < -0.3 is 14.2 Å². The molecular formula is C29H25N3O4S. The number of hydrazone groups is 1. The van der Waals surface area contributed by atoms with Crippen LogP contribution in [0.25, 0.3) is 21.0 Å². The first-order valence-corrected chi connectivity index (χ1v) is 12.4. The molecule has 0 saturated carbocycles. The SMILES string of the molecule is COc1cc(/C=N/N(C(=O)c2cccc3ccccc23)c2nc3ccc(C)cc3s2)cc(OC)c1OC. The monoisotopic (exact) mass is 511 g/mol. The second kappa shape index (κ2) is 10.3. The van der Waals surface area contributed by atoms with Gasteiger partial charge in [0.2, 0.25) is 10.9 Å². The molecule has 1 aromatic heterocycles. The number of aryl methyl sites for hydroxylation is 1. The Balaban J connectivity index is 1.63. The molecule has 0 aliphatic rings. The lowest BCUT2D eigenvalue weighted by Gasteiger charge is -2.16. The lowest BCUT2D eigenvalue weighted by atomic mass is 10.0. The molecule has 0 spiro atoms. The van der Waals surface area contributed by atoms with Crippen molar-refractivity contribution in [1.82, 2.24) is 4.98 Å². The van der Waals surface area contributed by atoms with Crippen molar-refractivity contribution in [2.45, 2.75) is 6.92 Å². The first-order valence-electron chi connectivity index (χ1n) is 11.6. The van der Waals surface area contributed by atoms with Crippen molar-refractivity contribution in [3.05, 3.63) is 89.5 Å². The van der Waals surface area contributed by atoms with Crippen LogP contribution in [-0.2, 0) is 0 Å². The first kappa shape index (κ1) is 24.3. The summed E-state index contributed by atoms with van der Waals surface area (Å²) in [6.45, 7) is 2.03. The summed E-state index contributed by atoms with van der Waals surface area (Å²) in [5, 5.41) is 8.27. The fourth-order valence-corrected chi connectivity index (χ4v) is 5.15. The molecule has 0 aliphatic heterocycles. The summed E-state index contributed by atoms with van der Waals surface area (Å²) in [7, 11) is 4.66. The number of carbonyl (C=O) groups is 1.